The van der Waals surface area contributed by atoms with Gasteiger partial charge in [0.05, 0.1) is 6.54 Å². The lowest BCUT2D eigenvalue weighted by atomic mass is 9.96. The molecule has 1 N–H and O–H groups in total. The Labute approximate surface area is 141 Å². The summed E-state index contributed by atoms with van der Waals surface area (Å²) in [4.78, 5) is 11.8. The Morgan fingerprint density at radius 1 is 1.17 bits per heavy atom. The van der Waals surface area contributed by atoms with Crippen LogP contribution in [0.1, 0.15) is 47.1 Å². The van der Waals surface area contributed by atoms with Crippen molar-refractivity contribution in [3.63, 3.8) is 0 Å². The molecule has 4 nitrogen and oxygen atoms in total. The number of carbonyl (C=O) groups excluding carboxylic acids is 1. The fraction of sp³-hybridized carbons (Fsp3) is 0.474. The molecule has 0 aromatic heterocycles. The number of hydrogen-bond donors (Lipinski definition) is 1. The van der Waals surface area contributed by atoms with E-state index >= 15 is 0 Å². The first-order valence-corrected chi connectivity index (χ1v) is 8.41. The van der Waals surface area contributed by atoms with Gasteiger partial charge in [-0.3, -0.25) is 9.80 Å². The first-order chi connectivity index (χ1) is 11.1. The van der Waals surface area contributed by atoms with E-state index in [0.717, 1.165) is 5.57 Å². The highest BCUT2D eigenvalue weighted by Crippen LogP contribution is 2.20. The predicted molar refractivity (Wildman–Crippen MR) is 99.1 cm³/mol. The molecule has 2 rings (SSSR count). The number of nitrogens with zero attached hydrogens (tertiary/aromatic N) is 2. The van der Waals surface area contributed by atoms with Crippen LogP contribution in [0.4, 0.5) is 0 Å². The number of carbonyl (C=O) groups is 1. The topological polar surface area (TPSA) is 44.7 Å². The lowest BCUT2D eigenvalue weighted by Gasteiger charge is -2.26. The number of amides is 1. The minimum atomic E-state index is -0.113. The molecule has 0 spiro atoms. The number of hydrogen-bond acceptors (Lipinski definition) is 3. The highest BCUT2D eigenvalue weighted by molar-refractivity contribution is 6.40. The number of allylic oxidation sites excluding steroid dienone is 1. The molecule has 1 aromatic rings. The van der Waals surface area contributed by atoms with Crippen molar-refractivity contribution >= 4 is 11.6 Å². The largest absolute Gasteiger partial charge is 0.354 e. The van der Waals surface area contributed by atoms with Gasteiger partial charge in [-0.05, 0) is 18.1 Å². The van der Waals surface area contributed by atoms with Crippen LogP contribution in [0.3, 0.4) is 0 Å². The van der Waals surface area contributed by atoms with Crippen molar-refractivity contribution in [3.8, 4) is 0 Å². The highest BCUT2D eigenvalue weighted by atomic mass is 16.1. The SMILES string of the molecule is CC.CC.CNC(=O)C1=NN(Cc2ccccc2)C=C(C)C1C. The van der Waals surface area contributed by atoms with Crippen LogP contribution in [0.15, 0.2) is 47.2 Å². The molecule has 1 aromatic carbocycles. The first-order valence-electron chi connectivity index (χ1n) is 8.41. The summed E-state index contributed by atoms with van der Waals surface area (Å²) in [6, 6.07) is 10.1. The van der Waals surface area contributed by atoms with Crippen LogP contribution in [-0.2, 0) is 11.3 Å². The van der Waals surface area contributed by atoms with Crippen LogP contribution < -0.4 is 5.32 Å². The van der Waals surface area contributed by atoms with Gasteiger partial charge in [-0.15, -0.1) is 0 Å². The van der Waals surface area contributed by atoms with Crippen molar-refractivity contribution < 1.29 is 4.79 Å². The van der Waals surface area contributed by atoms with Gasteiger partial charge >= 0.3 is 0 Å². The van der Waals surface area contributed by atoms with Gasteiger partial charge in [0.2, 0.25) is 0 Å². The molecular weight excluding hydrogens is 286 g/mol. The molecule has 0 saturated carbocycles. The smallest absolute Gasteiger partial charge is 0.267 e. The number of rotatable bonds is 3. The van der Waals surface area contributed by atoms with Crippen molar-refractivity contribution in [2.45, 2.75) is 48.1 Å². The summed E-state index contributed by atoms with van der Waals surface area (Å²) in [5.74, 6) is -0.0509. The molecule has 1 heterocycles. The van der Waals surface area contributed by atoms with Gasteiger partial charge in [0, 0.05) is 19.2 Å². The molecule has 0 saturated heterocycles. The summed E-state index contributed by atoms with van der Waals surface area (Å²) in [5.41, 5.74) is 2.88. The molecule has 0 radical (unpaired) electrons. The van der Waals surface area contributed by atoms with E-state index in [1.807, 2.05) is 71.0 Å². The van der Waals surface area contributed by atoms with E-state index in [-0.39, 0.29) is 11.8 Å². The summed E-state index contributed by atoms with van der Waals surface area (Å²) in [7, 11) is 1.63. The summed E-state index contributed by atoms with van der Waals surface area (Å²) in [5, 5.41) is 8.92. The second-order valence-corrected chi connectivity index (χ2v) is 4.74. The van der Waals surface area contributed by atoms with Gasteiger partial charge in [0.15, 0.2) is 0 Å². The third-order valence-corrected chi connectivity index (χ3v) is 3.33. The Bertz CT molecular complexity index is 521. The van der Waals surface area contributed by atoms with Gasteiger partial charge in [-0.1, -0.05) is 65.0 Å². The second-order valence-electron chi connectivity index (χ2n) is 4.74. The van der Waals surface area contributed by atoms with Crippen LogP contribution in [-0.4, -0.2) is 23.7 Å². The zero-order valence-electron chi connectivity index (χ0n) is 15.6. The van der Waals surface area contributed by atoms with Crippen LogP contribution in [0, 0.1) is 5.92 Å². The van der Waals surface area contributed by atoms with Crippen molar-refractivity contribution in [1.82, 2.24) is 10.3 Å². The second kappa shape index (κ2) is 11.5. The van der Waals surface area contributed by atoms with Gasteiger partial charge < -0.3 is 5.32 Å². The average molecular weight is 317 g/mol. The molecule has 4 heteroatoms. The fourth-order valence-corrected chi connectivity index (χ4v) is 2.04. The summed E-state index contributed by atoms with van der Waals surface area (Å²) in [6.07, 6.45) is 2.00. The molecule has 128 valence electrons. The molecular formula is C19H31N3O. The Kier molecular flexibility index (Phi) is 10.4. The predicted octanol–water partition coefficient (Wildman–Crippen LogP) is 4.20. The molecule has 1 aliphatic heterocycles. The van der Waals surface area contributed by atoms with Crippen molar-refractivity contribution in [2.24, 2.45) is 11.0 Å². The quantitative estimate of drug-likeness (QED) is 0.908. The number of benzene rings is 1. The molecule has 1 aliphatic rings. The number of nitrogens with one attached hydrogen (secondary N) is 1. The Balaban J connectivity index is 0.00000112. The first kappa shape index (κ1) is 20.9. The minimum absolute atomic E-state index is 0.0620. The Morgan fingerprint density at radius 2 is 1.74 bits per heavy atom. The van der Waals surface area contributed by atoms with Crippen molar-refractivity contribution in [2.75, 3.05) is 7.05 Å². The fourth-order valence-electron chi connectivity index (χ4n) is 2.04. The van der Waals surface area contributed by atoms with E-state index in [9.17, 15) is 4.79 Å². The normalized spacial score (nSPS) is 16.0. The van der Waals surface area contributed by atoms with Crippen LogP contribution >= 0.6 is 0 Å². The van der Waals surface area contributed by atoms with Crippen molar-refractivity contribution in [3.05, 3.63) is 47.7 Å². The van der Waals surface area contributed by atoms with Gasteiger partial charge in [-0.25, -0.2) is 0 Å². The Morgan fingerprint density at radius 3 is 2.26 bits per heavy atom. The molecule has 0 bridgehead atoms. The van der Waals surface area contributed by atoms with E-state index in [0.29, 0.717) is 12.3 Å². The molecule has 23 heavy (non-hydrogen) atoms. The van der Waals surface area contributed by atoms with Crippen LogP contribution in [0.2, 0.25) is 0 Å². The zero-order chi connectivity index (χ0) is 17.8. The van der Waals surface area contributed by atoms with E-state index in [1.54, 1.807) is 7.05 Å². The van der Waals surface area contributed by atoms with Crippen LogP contribution in [0.5, 0.6) is 0 Å². The molecule has 1 unspecified atom stereocenters. The summed E-state index contributed by atoms with van der Waals surface area (Å²) in [6.45, 7) is 12.7. The maximum atomic E-state index is 11.8. The van der Waals surface area contributed by atoms with E-state index < -0.39 is 0 Å². The van der Waals surface area contributed by atoms with Crippen LogP contribution in [0.25, 0.3) is 0 Å². The average Bonchev–Trinajstić information content (AvgIpc) is 2.61. The molecule has 0 aliphatic carbocycles. The monoisotopic (exact) mass is 317 g/mol. The van der Waals surface area contributed by atoms with E-state index in [2.05, 4.69) is 22.6 Å². The number of hydrazone groups is 1. The summed E-state index contributed by atoms with van der Waals surface area (Å²) < 4.78 is 0. The lowest BCUT2D eigenvalue weighted by molar-refractivity contribution is -0.114. The van der Waals surface area contributed by atoms with Gasteiger partial charge in [-0.2, -0.15) is 5.10 Å². The van der Waals surface area contributed by atoms with Crippen molar-refractivity contribution in [1.29, 1.82) is 0 Å². The van der Waals surface area contributed by atoms with Gasteiger partial charge in [0.25, 0.3) is 5.91 Å². The molecule has 0 fully saturated rings. The third-order valence-electron chi connectivity index (χ3n) is 3.33. The zero-order valence-corrected chi connectivity index (χ0v) is 15.6. The van der Waals surface area contributed by atoms with E-state index in [1.165, 1.54) is 5.56 Å². The van der Waals surface area contributed by atoms with E-state index in [4.69, 9.17) is 0 Å². The Hall–Kier alpha value is -2.10. The maximum Gasteiger partial charge on any atom is 0.267 e. The molecule has 1 amide bonds. The highest BCUT2D eigenvalue weighted by Gasteiger charge is 2.24. The molecule has 1 atom stereocenters. The summed E-state index contributed by atoms with van der Waals surface area (Å²) >= 11 is 0. The third kappa shape index (κ3) is 6.27. The minimum Gasteiger partial charge on any atom is -0.354 e. The maximum absolute atomic E-state index is 11.8. The lowest BCUT2D eigenvalue weighted by Crippen LogP contribution is -2.36. The van der Waals surface area contributed by atoms with Gasteiger partial charge in [0.1, 0.15) is 5.71 Å². The standard InChI is InChI=1S/C15H19N3O.2C2H6/c1-11-9-18(10-13-7-5-4-6-8-13)17-14(12(11)2)15(19)16-3;2*1-2/h4-9,12H,10H2,1-3H3,(H,16,19);2*1-2H3.